The highest BCUT2D eigenvalue weighted by Gasteiger charge is 2.27. The van der Waals surface area contributed by atoms with Crippen LogP contribution in [-0.2, 0) is 14.8 Å². The third-order valence-electron chi connectivity index (χ3n) is 4.83. The Morgan fingerprint density at radius 1 is 0.971 bits per heavy atom. The molecule has 0 radical (unpaired) electrons. The lowest BCUT2D eigenvalue weighted by Crippen LogP contribution is -2.39. The van der Waals surface area contributed by atoms with Gasteiger partial charge in [-0.1, -0.05) is 59.6 Å². The highest BCUT2D eigenvalue weighted by Crippen LogP contribution is 2.25. The molecule has 1 aromatic heterocycles. The maximum absolute atomic E-state index is 13.3. The van der Waals surface area contributed by atoms with Crippen molar-refractivity contribution in [1.82, 2.24) is 10.4 Å². The van der Waals surface area contributed by atoms with Crippen molar-refractivity contribution < 1.29 is 13.2 Å². The van der Waals surface area contributed by atoms with Gasteiger partial charge >= 0.3 is 0 Å². The first-order valence-corrected chi connectivity index (χ1v) is 12.2. The van der Waals surface area contributed by atoms with E-state index in [1.807, 2.05) is 24.3 Å². The van der Waals surface area contributed by atoms with Crippen molar-refractivity contribution in [2.45, 2.75) is 4.90 Å². The van der Waals surface area contributed by atoms with Crippen LogP contribution in [0.3, 0.4) is 0 Å². The number of carbonyl (C=O) groups is 1. The molecule has 4 aromatic rings. The maximum atomic E-state index is 13.3. The van der Waals surface area contributed by atoms with Crippen LogP contribution in [0.2, 0.25) is 10.2 Å². The monoisotopic (exact) mass is 512 g/mol. The first-order valence-electron chi connectivity index (χ1n) is 10.0. The summed E-state index contributed by atoms with van der Waals surface area (Å²) in [6.45, 7) is -0.500. The molecule has 0 saturated carbocycles. The van der Waals surface area contributed by atoms with Crippen LogP contribution in [0.5, 0.6) is 0 Å². The Balaban J connectivity index is 1.55. The van der Waals surface area contributed by atoms with Crippen LogP contribution in [0, 0.1) is 0 Å². The number of sulfonamides is 1. The molecule has 3 aromatic carbocycles. The summed E-state index contributed by atoms with van der Waals surface area (Å²) in [6, 6.07) is 23.2. The molecule has 1 heterocycles. The summed E-state index contributed by atoms with van der Waals surface area (Å²) < 4.78 is 27.5. The van der Waals surface area contributed by atoms with Gasteiger partial charge in [0.2, 0.25) is 0 Å². The molecule has 0 aliphatic rings. The molecular weight excluding hydrogens is 495 g/mol. The van der Waals surface area contributed by atoms with Gasteiger partial charge in [0.25, 0.3) is 15.9 Å². The van der Waals surface area contributed by atoms with E-state index in [1.165, 1.54) is 30.5 Å². The zero-order valence-electron chi connectivity index (χ0n) is 17.6. The van der Waals surface area contributed by atoms with E-state index in [1.54, 1.807) is 36.4 Å². The molecule has 34 heavy (non-hydrogen) atoms. The fourth-order valence-electron chi connectivity index (χ4n) is 3.18. The SMILES string of the molecule is O=C(CN(c1ccc(Cl)cc1)S(=O)(=O)c1ccccc1)N/N=C\c1cc2ccccc2nc1Cl. The van der Waals surface area contributed by atoms with Gasteiger partial charge in [-0.2, -0.15) is 5.10 Å². The Morgan fingerprint density at radius 3 is 2.38 bits per heavy atom. The van der Waals surface area contributed by atoms with Crippen LogP contribution < -0.4 is 9.73 Å². The van der Waals surface area contributed by atoms with Crippen molar-refractivity contribution in [2.75, 3.05) is 10.8 Å². The summed E-state index contributed by atoms with van der Waals surface area (Å²) in [4.78, 5) is 17.0. The molecule has 1 N–H and O–H groups in total. The third kappa shape index (κ3) is 5.36. The molecule has 0 saturated heterocycles. The van der Waals surface area contributed by atoms with Gasteiger partial charge in [0.1, 0.15) is 11.7 Å². The number of nitrogens with one attached hydrogen (secondary N) is 1. The highest BCUT2D eigenvalue weighted by atomic mass is 35.5. The molecule has 0 unspecified atom stereocenters. The first kappa shape index (κ1) is 23.7. The predicted octanol–water partition coefficient (Wildman–Crippen LogP) is 4.89. The zero-order chi connectivity index (χ0) is 24.1. The van der Waals surface area contributed by atoms with E-state index in [0.29, 0.717) is 10.6 Å². The van der Waals surface area contributed by atoms with E-state index in [4.69, 9.17) is 23.2 Å². The first-order chi connectivity index (χ1) is 16.3. The standard InChI is InChI=1S/C24H18Cl2N4O3S/c25-19-10-12-20(13-11-19)30(34(32,33)21-7-2-1-3-8-21)16-23(31)29-27-15-18-14-17-6-4-5-9-22(17)28-24(18)26/h1-15H,16H2,(H,29,31)/b27-15-. The third-order valence-corrected chi connectivity index (χ3v) is 7.17. The van der Waals surface area contributed by atoms with Crippen LogP contribution in [0.15, 0.2) is 94.9 Å². The smallest absolute Gasteiger partial charge is 0.264 e. The van der Waals surface area contributed by atoms with Gasteiger partial charge in [-0.05, 0) is 48.5 Å². The van der Waals surface area contributed by atoms with Gasteiger partial charge in [-0.15, -0.1) is 0 Å². The fraction of sp³-hybridized carbons (Fsp3) is 0.0417. The lowest BCUT2D eigenvalue weighted by Gasteiger charge is -2.23. The van der Waals surface area contributed by atoms with E-state index >= 15 is 0 Å². The minimum absolute atomic E-state index is 0.0512. The van der Waals surface area contributed by atoms with Crippen LogP contribution in [-0.4, -0.2) is 32.1 Å². The number of hydrogen-bond donors (Lipinski definition) is 1. The molecule has 1 amide bonds. The van der Waals surface area contributed by atoms with Crippen LogP contribution in [0.4, 0.5) is 5.69 Å². The predicted molar refractivity (Wildman–Crippen MR) is 135 cm³/mol. The number of rotatable bonds is 7. The summed E-state index contributed by atoms with van der Waals surface area (Å²) >= 11 is 12.2. The van der Waals surface area contributed by atoms with Crippen molar-refractivity contribution >= 4 is 61.9 Å². The number of hydrazone groups is 1. The summed E-state index contributed by atoms with van der Waals surface area (Å²) in [5.74, 6) is -0.643. The van der Waals surface area contributed by atoms with Crippen molar-refractivity contribution in [3.8, 4) is 0 Å². The Kier molecular flexibility index (Phi) is 7.12. The normalized spacial score (nSPS) is 11.6. The number of amides is 1. The van der Waals surface area contributed by atoms with Crippen molar-refractivity contribution in [3.63, 3.8) is 0 Å². The molecular formula is C24H18Cl2N4O3S. The summed E-state index contributed by atoms with van der Waals surface area (Å²) in [5, 5.41) is 5.47. The van der Waals surface area contributed by atoms with E-state index in [9.17, 15) is 13.2 Å². The number of pyridine rings is 1. The topological polar surface area (TPSA) is 91.7 Å². The minimum Gasteiger partial charge on any atom is -0.271 e. The van der Waals surface area contributed by atoms with Crippen LogP contribution in [0.1, 0.15) is 5.56 Å². The summed E-state index contributed by atoms with van der Waals surface area (Å²) in [7, 11) is -4.02. The number of halogens is 2. The Morgan fingerprint density at radius 2 is 1.65 bits per heavy atom. The molecule has 0 aliphatic heterocycles. The number of hydrogen-bond acceptors (Lipinski definition) is 5. The van der Waals surface area contributed by atoms with Gasteiger partial charge in [-0.25, -0.2) is 18.8 Å². The number of benzene rings is 3. The number of aromatic nitrogens is 1. The molecule has 172 valence electrons. The van der Waals surface area contributed by atoms with Crippen LogP contribution in [0.25, 0.3) is 10.9 Å². The lowest BCUT2D eigenvalue weighted by atomic mass is 10.2. The van der Waals surface area contributed by atoms with Gasteiger partial charge in [0, 0.05) is 16.0 Å². The summed E-state index contributed by atoms with van der Waals surface area (Å²) in [6.07, 6.45) is 1.36. The summed E-state index contributed by atoms with van der Waals surface area (Å²) in [5.41, 5.74) is 3.88. The molecule has 0 atom stereocenters. The van der Waals surface area contributed by atoms with Crippen molar-refractivity contribution in [3.05, 3.63) is 101 Å². The van der Waals surface area contributed by atoms with Crippen molar-refractivity contribution in [2.24, 2.45) is 5.10 Å². The molecule has 7 nitrogen and oxygen atoms in total. The van der Waals surface area contributed by atoms with Gasteiger partial charge in [0.05, 0.1) is 22.3 Å². The van der Waals surface area contributed by atoms with Crippen molar-refractivity contribution in [1.29, 1.82) is 0 Å². The van der Waals surface area contributed by atoms with Gasteiger partial charge in [-0.3, -0.25) is 9.10 Å². The fourth-order valence-corrected chi connectivity index (χ4v) is 4.94. The molecule has 0 aliphatic carbocycles. The second kappa shape index (κ2) is 10.2. The minimum atomic E-state index is -4.02. The average Bonchev–Trinajstić information content (AvgIpc) is 2.84. The van der Waals surface area contributed by atoms with E-state index < -0.39 is 22.5 Å². The molecule has 0 spiro atoms. The molecule has 10 heteroatoms. The quantitative estimate of drug-likeness (QED) is 0.217. The Labute approximate surface area is 206 Å². The number of nitrogens with zero attached hydrogens (tertiary/aromatic N) is 3. The van der Waals surface area contributed by atoms with Gasteiger partial charge in [0.15, 0.2) is 0 Å². The average molecular weight is 513 g/mol. The molecule has 0 fully saturated rings. The highest BCUT2D eigenvalue weighted by molar-refractivity contribution is 7.92. The molecule has 4 rings (SSSR count). The Hall–Kier alpha value is -3.46. The number of carbonyl (C=O) groups excluding carboxylic acids is 1. The van der Waals surface area contributed by atoms with E-state index in [-0.39, 0.29) is 15.7 Å². The number of anilines is 1. The van der Waals surface area contributed by atoms with E-state index in [2.05, 4.69) is 15.5 Å². The molecule has 0 bridgehead atoms. The number of fused-ring (bicyclic) bond motifs is 1. The van der Waals surface area contributed by atoms with Crippen LogP contribution >= 0.6 is 23.2 Å². The second-order valence-corrected chi connectivity index (χ2v) is 9.81. The Bertz CT molecular complexity index is 1460. The maximum Gasteiger partial charge on any atom is 0.264 e. The zero-order valence-corrected chi connectivity index (χ0v) is 19.9. The largest absolute Gasteiger partial charge is 0.271 e. The lowest BCUT2D eigenvalue weighted by molar-refractivity contribution is -0.119. The number of para-hydroxylation sites is 1. The van der Waals surface area contributed by atoms with E-state index in [0.717, 1.165) is 15.2 Å². The second-order valence-electron chi connectivity index (χ2n) is 7.16. The van der Waals surface area contributed by atoms with Gasteiger partial charge < -0.3 is 0 Å².